The number of allylic oxidation sites excluding steroid dienone is 1. The van der Waals surface area contributed by atoms with E-state index in [0.29, 0.717) is 42.9 Å². The van der Waals surface area contributed by atoms with Crippen LogP contribution in [-0.2, 0) is 6.61 Å². The first kappa shape index (κ1) is 34.8. The molecule has 41 heavy (non-hydrogen) atoms. The molecule has 0 aliphatic carbocycles. The standard InChI is InChI=1S/C30H31Cl2F2NO2S.C3H8/c1-17(30(4,5)37)15-35(19(3)18(2)29-23(31)8-7-9-24(29)32)27-11-10-20(12-26(27)34)21-13-25(33)22(16-36)28(14-21)38-6;1-3-2/h7-15,18,36-37H,3,16H2,1-2,4-6H3;3H2,1-2H3/b17-15+;. The van der Waals surface area contributed by atoms with Gasteiger partial charge in [0.15, 0.2) is 0 Å². The first-order chi connectivity index (χ1) is 19.2. The molecule has 8 heteroatoms. The summed E-state index contributed by atoms with van der Waals surface area (Å²) in [6, 6.07) is 12.8. The zero-order chi connectivity index (χ0) is 31.1. The molecule has 0 aromatic heterocycles. The predicted octanol–water partition coefficient (Wildman–Crippen LogP) is 10.4. The van der Waals surface area contributed by atoms with E-state index in [9.17, 15) is 14.6 Å². The molecule has 2 N–H and O–H groups in total. The Morgan fingerprint density at radius 1 is 1.05 bits per heavy atom. The fourth-order valence-corrected chi connectivity index (χ4v) is 5.33. The Labute approximate surface area is 257 Å². The summed E-state index contributed by atoms with van der Waals surface area (Å²) in [6.07, 6.45) is 4.68. The van der Waals surface area contributed by atoms with Crippen molar-refractivity contribution in [2.75, 3.05) is 11.2 Å². The van der Waals surface area contributed by atoms with Crippen LogP contribution in [0.5, 0.6) is 0 Å². The summed E-state index contributed by atoms with van der Waals surface area (Å²) < 4.78 is 30.4. The van der Waals surface area contributed by atoms with Crippen molar-refractivity contribution in [2.24, 2.45) is 0 Å². The zero-order valence-corrected chi connectivity index (χ0v) is 27.0. The number of anilines is 1. The molecule has 3 nitrogen and oxygen atoms in total. The van der Waals surface area contributed by atoms with Gasteiger partial charge in [-0.1, -0.05) is 69.1 Å². The van der Waals surface area contributed by atoms with E-state index in [-0.39, 0.29) is 11.3 Å². The van der Waals surface area contributed by atoms with Crippen LogP contribution in [0.1, 0.15) is 65.0 Å². The van der Waals surface area contributed by atoms with Crippen molar-refractivity contribution in [3.63, 3.8) is 0 Å². The maximum atomic E-state index is 15.8. The molecule has 0 fully saturated rings. The zero-order valence-electron chi connectivity index (χ0n) is 24.7. The van der Waals surface area contributed by atoms with Crippen molar-refractivity contribution in [3.05, 3.63) is 105 Å². The smallest absolute Gasteiger partial charge is 0.147 e. The van der Waals surface area contributed by atoms with E-state index in [1.54, 1.807) is 74.5 Å². The lowest BCUT2D eigenvalue weighted by Crippen LogP contribution is -2.26. The lowest BCUT2D eigenvalue weighted by Gasteiger charge is -2.31. The number of nitrogens with zero attached hydrogens (tertiary/aromatic N) is 1. The lowest BCUT2D eigenvalue weighted by molar-refractivity contribution is 0.119. The van der Waals surface area contributed by atoms with Gasteiger partial charge in [-0.2, -0.15) is 0 Å². The van der Waals surface area contributed by atoms with Crippen molar-refractivity contribution < 1.29 is 19.0 Å². The Balaban J connectivity index is 0.00000187. The average molecular weight is 623 g/mol. The maximum absolute atomic E-state index is 15.8. The number of thioether (sulfide) groups is 1. The van der Waals surface area contributed by atoms with Gasteiger partial charge in [-0.15, -0.1) is 11.8 Å². The Morgan fingerprint density at radius 3 is 2.10 bits per heavy atom. The van der Waals surface area contributed by atoms with Crippen molar-refractivity contribution in [3.8, 4) is 11.1 Å². The van der Waals surface area contributed by atoms with Gasteiger partial charge in [-0.25, -0.2) is 8.78 Å². The molecule has 0 amide bonds. The highest BCUT2D eigenvalue weighted by Crippen LogP contribution is 2.40. The summed E-state index contributed by atoms with van der Waals surface area (Å²) >= 11 is 14.2. The van der Waals surface area contributed by atoms with Gasteiger partial charge in [-0.05, 0) is 85.7 Å². The van der Waals surface area contributed by atoms with Crippen LogP contribution in [-0.4, -0.2) is 22.1 Å². The van der Waals surface area contributed by atoms with E-state index >= 15 is 4.39 Å². The molecule has 1 atom stereocenters. The Kier molecular flexibility index (Phi) is 12.9. The van der Waals surface area contributed by atoms with Crippen molar-refractivity contribution in [2.45, 2.75) is 71.0 Å². The number of rotatable bonds is 9. The van der Waals surface area contributed by atoms with Crippen LogP contribution in [0.25, 0.3) is 11.1 Å². The SMILES string of the molecule is C=C(C(C)c1c(Cl)cccc1Cl)N(/C=C(\C)C(C)(C)O)c1ccc(-c2cc(F)c(CO)c(SC)c2)cc1F.CCC. The highest BCUT2D eigenvalue weighted by atomic mass is 35.5. The molecular weight excluding hydrogens is 583 g/mol. The molecule has 0 spiro atoms. The molecule has 222 valence electrons. The van der Waals surface area contributed by atoms with Gasteiger partial charge < -0.3 is 15.1 Å². The van der Waals surface area contributed by atoms with E-state index in [2.05, 4.69) is 20.4 Å². The fourth-order valence-electron chi connectivity index (χ4n) is 3.95. The number of aliphatic hydroxyl groups excluding tert-OH is 1. The van der Waals surface area contributed by atoms with Gasteiger partial charge in [0.25, 0.3) is 0 Å². The monoisotopic (exact) mass is 621 g/mol. The molecule has 0 aliphatic heterocycles. The van der Waals surface area contributed by atoms with Crippen LogP contribution in [0.2, 0.25) is 10.0 Å². The summed E-state index contributed by atoms with van der Waals surface area (Å²) in [6.45, 7) is 15.0. The number of benzene rings is 3. The van der Waals surface area contributed by atoms with Crippen molar-refractivity contribution >= 4 is 40.7 Å². The molecule has 3 aromatic rings. The van der Waals surface area contributed by atoms with Crippen molar-refractivity contribution in [1.82, 2.24) is 0 Å². The predicted molar refractivity (Wildman–Crippen MR) is 172 cm³/mol. The number of aliphatic hydroxyl groups is 2. The van der Waals surface area contributed by atoms with Gasteiger partial charge in [0.05, 0.1) is 17.9 Å². The second kappa shape index (κ2) is 15.2. The molecule has 0 saturated carbocycles. The Hall–Kier alpha value is -2.35. The summed E-state index contributed by atoms with van der Waals surface area (Å²) in [5.41, 5.74) is 1.90. The van der Waals surface area contributed by atoms with Gasteiger partial charge in [0.1, 0.15) is 11.6 Å². The number of hydrogen-bond acceptors (Lipinski definition) is 4. The van der Waals surface area contributed by atoms with E-state index in [4.69, 9.17) is 23.2 Å². The van der Waals surface area contributed by atoms with Crippen LogP contribution in [0.3, 0.4) is 0 Å². The molecule has 0 aliphatic rings. The van der Waals surface area contributed by atoms with E-state index in [1.165, 1.54) is 30.3 Å². The quantitative estimate of drug-likeness (QED) is 0.233. The highest BCUT2D eigenvalue weighted by molar-refractivity contribution is 7.98. The average Bonchev–Trinajstić information content (AvgIpc) is 2.90. The summed E-state index contributed by atoms with van der Waals surface area (Å²) in [7, 11) is 0. The third-order valence-corrected chi connectivity index (χ3v) is 8.07. The van der Waals surface area contributed by atoms with Gasteiger partial charge >= 0.3 is 0 Å². The number of halogens is 4. The fraction of sp³-hybridized carbons (Fsp3) is 0.333. The normalized spacial score (nSPS) is 12.5. The van der Waals surface area contributed by atoms with E-state index < -0.39 is 29.8 Å². The second-order valence-electron chi connectivity index (χ2n) is 10.3. The minimum Gasteiger partial charge on any atom is -0.392 e. The topological polar surface area (TPSA) is 43.7 Å². The van der Waals surface area contributed by atoms with Gasteiger partial charge in [0, 0.05) is 38.3 Å². The Bertz CT molecular complexity index is 1380. The van der Waals surface area contributed by atoms with Crippen LogP contribution in [0.4, 0.5) is 14.5 Å². The third kappa shape index (κ3) is 8.59. The molecule has 3 aromatic carbocycles. The summed E-state index contributed by atoms with van der Waals surface area (Å²) in [5.74, 6) is -1.52. The van der Waals surface area contributed by atoms with Crippen LogP contribution < -0.4 is 4.90 Å². The molecular formula is C33H39Cl2F2NO2S. The largest absolute Gasteiger partial charge is 0.392 e. The molecule has 3 rings (SSSR count). The minimum absolute atomic E-state index is 0.190. The van der Waals surface area contributed by atoms with Gasteiger partial charge in [0.2, 0.25) is 0 Å². The molecule has 0 radical (unpaired) electrons. The summed E-state index contributed by atoms with van der Waals surface area (Å²) in [4.78, 5) is 2.16. The molecule has 0 heterocycles. The first-order valence-corrected chi connectivity index (χ1v) is 15.3. The number of hydrogen-bond donors (Lipinski definition) is 2. The molecule has 1 unspecified atom stereocenters. The van der Waals surface area contributed by atoms with Crippen molar-refractivity contribution in [1.29, 1.82) is 0 Å². The minimum atomic E-state index is -1.17. The summed E-state index contributed by atoms with van der Waals surface area (Å²) in [5, 5.41) is 21.0. The highest BCUT2D eigenvalue weighted by Gasteiger charge is 2.25. The maximum Gasteiger partial charge on any atom is 0.147 e. The molecule has 0 bridgehead atoms. The lowest BCUT2D eigenvalue weighted by atomic mass is 9.95. The Morgan fingerprint density at radius 2 is 1.61 bits per heavy atom. The van der Waals surface area contributed by atoms with E-state index in [0.717, 1.165) is 0 Å². The van der Waals surface area contributed by atoms with Gasteiger partial charge in [-0.3, -0.25) is 0 Å². The van der Waals surface area contributed by atoms with Crippen LogP contribution >= 0.6 is 35.0 Å². The molecule has 0 saturated heterocycles. The first-order valence-electron chi connectivity index (χ1n) is 13.3. The van der Waals surface area contributed by atoms with Crippen LogP contribution in [0.15, 0.2) is 77.5 Å². The van der Waals surface area contributed by atoms with Crippen LogP contribution in [0, 0.1) is 11.6 Å². The second-order valence-corrected chi connectivity index (χ2v) is 11.9. The third-order valence-electron chi connectivity index (χ3n) is 6.60. The van der Waals surface area contributed by atoms with E-state index in [1.807, 2.05) is 6.92 Å².